The number of hydrogen-bond acceptors (Lipinski definition) is 2. The van der Waals surface area contributed by atoms with E-state index in [0.717, 1.165) is 20.5 Å². The molecular weight excluding hydrogens is 334 g/mol. The Morgan fingerprint density at radius 1 is 1.20 bits per heavy atom. The van der Waals surface area contributed by atoms with Gasteiger partial charge in [-0.1, -0.05) is 45.8 Å². The van der Waals surface area contributed by atoms with Crippen LogP contribution in [0, 0.1) is 13.8 Å². The van der Waals surface area contributed by atoms with Gasteiger partial charge < -0.3 is 5.73 Å². The van der Waals surface area contributed by atoms with Gasteiger partial charge in [0.05, 0.1) is 10.8 Å². The lowest BCUT2D eigenvalue weighted by Gasteiger charge is -2.15. The predicted octanol–water partition coefficient (Wildman–Crippen LogP) is 3.87. The number of nitrogens with two attached hydrogens (primary N) is 1. The van der Waals surface area contributed by atoms with E-state index in [2.05, 4.69) is 28.9 Å². The van der Waals surface area contributed by atoms with E-state index in [4.69, 9.17) is 5.73 Å². The lowest BCUT2D eigenvalue weighted by molar-refractivity contribution is 0.675. The van der Waals surface area contributed by atoms with Crippen LogP contribution in [0.3, 0.4) is 0 Å². The van der Waals surface area contributed by atoms with Crippen molar-refractivity contribution in [1.29, 1.82) is 0 Å². The van der Waals surface area contributed by atoms with E-state index >= 15 is 0 Å². The molecule has 0 aromatic heterocycles. The maximum Gasteiger partial charge on any atom is 0.0549 e. The molecule has 2 aromatic carbocycles. The Bertz CT molecular complexity index is 642. The normalized spacial score (nSPS) is 14.0. The molecule has 2 N–H and O–H groups in total. The third-order valence-corrected chi connectivity index (χ3v) is 5.15. The summed E-state index contributed by atoms with van der Waals surface area (Å²) in [6, 6.07) is 13.5. The van der Waals surface area contributed by atoms with Crippen LogP contribution in [0.25, 0.3) is 0 Å². The van der Waals surface area contributed by atoms with Gasteiger partial charge in [0.1, 0.15) is 0 Å². The highest BCUT2D eigenvalue weighted by Crippen LogP contribution is 2.21. The fraction of sp³-hybridized carbons (Fsp3) is 0.250. The molecule has 0 fully saturated rings. The minimum atomic E-state index is -1.09. The van der Waals surface area contributed by atoms with E-state index in [9.17, 15) is 4.21 Å². The Hall–Kier alpha value is -0.970. The van der Waals surface area contributed by atoms with Crippen LogP contribution in [0.2, 0.25) is 0 Å². The highest BCUT2D eigenvalue weighted by molar-refractivity contribution is 9.10. The van der Waals surface area contributed by atoms with E-state index in [-0.39, 0.29) is 6.04 Å². The summed E-state index contributed by atoms with van der Waals surface area (Å²) in [5.74, 6) is 0.431. The molecule has 106 valence electrons. The number of aryl methyl sites for hydroxylation is 2. The van der Waals surface area contributed by atoms with E-state index in [1.54, 1.807) is 0 Å². The molecule has 4 heteroatoms. The van der Waals surface area contributed by atoms with Gasteiger partial charge in [0.2, 0.25) is 0 Å². The first kappa shape index (κ1) is 15.4. The SMILES string of the molecule is Cc1ccc(C(N)CS(=O)c2cccc(Br)c2)c(C)c1. The van der Waals surface area contributed by atoms with Gasteiger partial charge in [0, 0.05) is 21.2 Å². The monoisotopic (exact) mass is 351 g/mol. The van der Waals surface area contributed by atoms with Crippen LogP contribution in [-0.4, -0.2) is 9.96 Å². The molecule has 0 amide bonds. The van der Waals surface area contributed by atoms with Crippen molar-refractivity contribution < 1.29 is 4.21 Å². The molecule has 0 radical (unpaired) electrons. The quantitative estimate of drug-likeness (QED) is 0.908. The zero-order valence-corrected chi connectivity index (χ0v) is 14.0. The molecule has 0 bridgehead atoms. The van der Waals surface area contributed by atoms with Crippen LogP contribution in [0.4, 0.5) is 0 Å². The standard InChI is InChI=1S/C16H18BrNOS/c1-11-6-7-15(12(2)8-11)16(18)10-20(19)14-5-3-4-13(17)9-14/h3-9,16H,10,18H2,1-2H3. The fourth-order valence-electron chi connectivity index (χ4n) is 2.20. The Morgan fingerprint density at radius 3 is 2.60 bits per heavy atom. The lowest BCUT2D eigenvalue weighted by atomic mass is 10.0. The summed E-state index contributed by atoms with van der Waals surface area (Å²) in [6.07, 6.45) is 0. The van der Waals surface area contributed by atoms with Crippen LogP contribution in [0.5, 0.6) is 0 Å². The maximum atomic E-state index is 12.4. The summed E-state index contributed by atoms with van der Waals surface area (Å²) in [4.78, 5) is 0.805. The topological polar surface area (TPSA) is 43.1 Å². The second kappa shape index (κ2) is 6.66. The van der Waals surface area contributed by atoms with Gasteiger partial charge in [0.15, 0.2) is 0 Å². The third-order valence-electron chi connectivity index (χ3n) is 3.21. The second-order valence-electron chi connectivity index (χ2n) is 4.94. The van der Waals surface area contributed by atoms with Crippen molar-refractivity contribution in [3.63, 3.8) is 0 Å². The van der Waals surface area contributed by atoms with E-state index in [0.29, 0.717) is 5.75 Å². The Balaban J connectivity index is 2.15. The van der Waals surface area contributed by atoms with Crippen LogP contribution in [-0.2, 0) is 10.8 Å². The smallest absolute Gasteiger partial charge is 0.0549 e. The second-order valence-corrected chi connectivity index (χ2v) is 7.35. The van der Waals surface area contributed by atoms with Gasteiger partial charge in [0.25, 0.3) is 0 Å². The number of benzene rings is 2. The zero-order chi connectivity index (χ0) is 14.7. The number of rotatable bonds is 4. The van der Waals surface area contributed by atoms with Gasteiger partial charge in [-0.15, -0.1) is 0 Å². The summed E-state index contributed by atoms with van der Waals surface area (Å²) in [7, 11) is -1.09. The number of hydrogen-bond donors (Lipinski definition) is 1. The number of halogens is 1. The van der Waals surface area contributed by atoms with Gasteiger partial charge in [-0.3, -0.25) is 4.21 Å². The average molecular weight is 352 g/mol. The molecule has 0 heterocycles. The molecule has 2 rings (SSSR count). The van der Waals surface area contributed by atoms with E-state index in [1.165, 1.54) is 5.56 Å². The summed E-state index contributed by atoms with van der Waals surface area (Å²) in [5, 5.41) is 0. The van der Waals surface area contributed by atoms with Gasteiger partial charge >= 0.3 is 0 Å². The van der Waals surface area contributed by atoms with Gasteiger partial charge in [-0.05, 0) is 43.2 Å². The summed E-state index contributed by atoms with van der Waals surface area (Å²) in [5.41, 5.74) is 9.66. The van der Waals surface area contributed by atoms with Gasteiger partial charge in [-0.2, -0.15) is 0 Å². The molecule has 0 aliphatic rings. The average Bonchev–Trinajstić information content (AvgIpc) is 2.38. The third kappa shape index (κ3) is 3.78. The van der Waals surface area contributed by atoms with Crippen molar-refractivity contribution in [2.45, 2.75) is 24.8 Å². The summed E-state index contributed by atoms with van der Waals surface area (Å²) >= 11 is 3.40. The zero-order valence-electron chi connectivity index (χ0n) is 11.6. The summed E-state index contributed by atoms with van der Waals surface area (Å²) in [6.45, 7) is 4.10. The van der Waals surface area contributed by atoms with E-state index < -0.39 is 10.8 Å². The highest BCUT2D eigenvalue weighted by Gasteiger charge is 2.14. The van der Waals surface area contributed by atoms with Crippen LogP contribution in [0.1, 0.15) is 22.7 Å². The highest BCUT2D eigenvalue weighted by atomic mass is 79.9. The molecule has 0 saturated carbocycles. The lowest BCUT2D eigenvalue weighted by Crippen LogP contribution is -2.19. The summed E-state index contributed by atoms with van der Waals surface area (Å²) < 4.78 is 13.3. The Morgan fingerprint density at radius 2 is 1.95 bits per heavy atom. The first-order chi connectivity index (χ1) is 9.47. The van der Waals surface area contributed by atoms with Crippen molar-refractivity contribution in [2.24, 2.45) is 5.73 Å². The molecule has 2 nitrogen and oxygen atoms in total. The van der Waals surface area contributed by atoms with Crippen molar-refractivity contribution in [1.82, 2.24) is 0 Å². The Kier molecular flexibility index (Phi) is 5.13. The first-order valence-electron chi connectivity index (χ1n) is 6.44. The maximum absolute atomic E-state index is 12.4. The van der Waals surface area contributed by atoms with Crippen molar-refractivity contribution in [3.8, 4) is 0 Å². The largest absolute Gasteiger partial charge is 0.323 e. The molecule has 0 saturated heterocycles. The van der Waals surface area contributed by atoms with Crippen LogP contribution < -0.4 is 5.73 Å². The van der Waals surface area contributed by atoms with Crippen LogP contribution in [0.15, 0.2) is 51.8 Å². The fourth-order valence-corrected chi connectivity index (χ4v) is 3.94. The molecule has 0 aliphatic carbocycles. The molecule has 2 atom stereocenters. The van der Waals surface area contributed by atoms with Crippen molar-refractivity contribution in [3.05, 3.63) is 63.6 Å². The molecule has 0 spiro atoms. The molecule has 2 aromatic rings. The first-order valence-corrected chi connectivity index (χ1v) is 8.55. The molecule has 2 unspecified atom stereocenters. The molecular formula is C16H18BrNOS. The van der Waals surface area contributed by atoms with Gasteiger partial charge in [-0.25, -0.2) is 0 Å². The molecule has 20 heavy (non-hydrogen) atoms. The van der Waals surface area contributed by atoms with Crippen molar-refractivity contribution in [2.75, 3.05) is 5.75 Å². The minimum absolute atomic E-state index is 0.213. The minimum Gasteiger partial charge on any atom is -0.323 e. The van der Waals surface area contributed by atoms with Crippen molar-refractivity contribution >= 4 is 26.7 Å². The van der Waals surface area contributed by atoms with E-state index in [1.807, 2.05) is 43.3 Å². The molecule has 0 aliphatic heterocycles. The van der Waals surface area contributed by atoms with Crippen LogP contribution >= 0.6 is 15.9 Å². The Labute approximate surface area is 131 Å². The predicted molar refractivity (Wildman–Crippen MR) is 88.3 cm³/mol.